The summed E-state index contributed by atoms with van der Waals surface area (Å²) in [6.45, 7) is 4.70. The third-order valence-corrected chi connectivity index (χ3v) is 4.27. The lowest BCUT2D eigenvalue weighted by Gasteiger charge is -2.38. The van der Waals surface area contributed by atoms with Crippen molar-refractivity contribution in [3.05, 3.63) is 29.8 Å². The molecule has 0 saturated heterocycles. The zero-order chi connectivity index (χ0) is 14.0. The van der Waals surface area contributed by atoms with Crippen LogP contribution in [0.1, 0.15) is 38.7 Å². The van der Waals surface area contributed by atoms with E-state index < -0.39 is 0 Å². The van der Waals surface area contributed by atoms with Crippen LogP contribution in [0.25, 0.3) is 0 Å². The number of anilines is 1. The van der Waals surface area contributed by atoms with Crippen LogP contribution in [0.15, 0.2) is 24.3 Å². The lowest BCUT2D eigenvalue weighted by Crippen LogP contribution is -2.38. The number of hydrogen-bond donors (Lipinski definition) is 2. The highest BCUT2D eigenvalue weighted by Gasteiger charge is 2.26. The molecule has 1 aromatic carbocycles. The molecule has 1 fully saturated rings. The fourth-order valence-electron chi connectivity index (χ4n) is 3.32. The Bertz CT molecular complexity index is 445. The Balaban J connectivity index is 2.16. The normalized spacial score (nSPS) is 27.0. The topological polar surface area (TPSA) is 53.1 Å². The number of nitrogens with zero attached hydrogens (tertiary/aromatic N) is 1. The van der Waals surface area contributed by atoms with Crippen molar-refractivity contribution >= 4 is 11.5 Å². The molecule has 0 spiro atoms. The van der Waals surface area contributed by atoms with Gasteiger partial charge in [-0.3, -0.25) is 5.41 Å². The molecule has 0 bridgehead atoms. The van der Waals surface area contributed by atoms with Crippen LogP contribution in [0.4, 0.5) is 5.69 Å². The molecule has 0 aliphatic heterocycles. The molecule has 2 unspecified atom stereocenters. The molecule has 3 N–H and O–H groups in total. The minimum Gasteiger partial charge on any atom is -0.384 e. The Hall–Kier alpha value is -1.51. The highest BCUT2D eigenvalue weighted by atomic mass is 15.1. The van der Waals surface area contributed by atoms with Crippen molar-refractivity contribution in [1.29, 1.82) is 5.41 Å². The molecule has 0 heterocycles. The standard InChI is InChI=1S/C16H25N3/c1-11-7-12(2)9-15(8-11)19(3)14-6-4-5-13(10-14)16(17)18/h4-6,10-12,15H,7-9H2,1-3H3,(H3,17,18). The summed E-state index contributed by atoms with van der Waals surface area (Å²) >= 11 is 0. The fourth-order valence-corrected chi connectivity index (χ4v) is 3.32. The van der Waals surface area contributed by atoms with Gasteiger partial charge in [0.05, 0.1) is 0 Å². The highest BCUT2D eigenvalue weighted by Crippen LogP contribution is 2.33. The van der Waals surface area contributed by atoms with Gasteiger partial charge in [0.25, 0.3) is 0 Å². The van der Waals surface area contributed by atoms with Gasteiger partial charge in [0.15, 0.2) is 0 Å². The van der Waals surface area contributed by atoms with Gasteiger partial charge < -0.3 is 10.6 Å². The van der Waals surface area contributed by atoms with Crippen LogP contribution in [0.5, 0.6) is 0 Å². The first-order valence-electron chi connectivity index (χ1n) is 7.14. The quantitative estimate of drug-likeness (QED) is 0.647. The Morgan fingerprint density at radius 2 is 1.84 bits per heavy atom. The van der Waals surface area contributed by atoms with Crippen molar-refractivity contribution in [3.8, 4) is 0 Å². The molecule has 1 aliphatic rings. The van der Waals surface area contributed by atoms with E-state index >= 15 is 0 Å². The van der Waals surface area contributed by atoms with Crippen molar-refractivity contribution < 1.29 is 0 Å². The lowest BCUT2D eigenvalue weighted by molar-refractivity contribution is 0.264. The monoisotopic (exact) mass is 259 g/mol. The second-order valence-corrected chi connectivity index (χ2v) is 6.15. The van der Waals surface area contributed by atoms with Crippen LogP contribution in [0.2, 0.25) is 0 Å². The number of nitrogens with two attached hydrogens (primary N) is 1. The van der Waals surface area contributed by atoms with Crippen molar-refractivity contribution in [2.45, 2.75) is 39.2 Å². The second kappa shape index (κ2) is 5.64. The summed E-state index contributed by atoms with van der Waals surface area (Å²) in [5.74, 6) is 1.74. The number of rotatable bonds is 3. The van der Waals surface area contributed by atoms with Crippen LogP contribution in [0.3, 0.4) is 0 Å². The predicted molar refractivity (Wildman–Crippen MR) is 81.8 cm³/mol. The lowest BCUT2D eigenvalue weighted by atomic mass is 9.80. The first kappa shape index (κ1) is 13.9. The minimum absolute atomic E-state index is 0.139. The molecule has 19 heavy (non-hydrogen) atoms. The Labute approximate surface area is 116 Å². The zero-order valence-corrected chi connectivity index (χ0v) is 12.2. The maximum atomic E-state index is 7.54. The SMILES string of the molecule is CC1CC(C)CC(N(C)c2cccc(C(=N)N)c2)C1. The van der Waals surface area contributed by atoms with Gasteiger partial charge >= 0.3 is 0 Å². The van der Waals surface area contributed by atoms with Crippen LogP contribution in [-0.2, 0) is 0 Å². The number of nitrogen functional groups attached to an aromatic ring is 1. The van der Waals surface area contributed by atoms with E-state index in [1.165, 1.54) is 24.9 Å². The van der Waals surface area contributed by atoms with Gasteiger partial charge in [-0.05, 0) is 43.2 Å². The van der Waals surface area contributed by atoms with E-state index in [-0.39, 0.29) is 5.84 Å². The zero-order valence-electron chi connectivity index (χ0n) is 12.2. The number of benzene rings is 1. The average molecular weight is 259 g/mol. The molecule has 3 heteroatoms. The smallest absolute Gasteiger partial charge is 0.122 e. The van der Waals surface area contributed by atoms with Gasteiger partial charge in [-0.15, -0.1) is 0 Å². The minimum atomic E-state index is 0.139. The summed E-state index contributed by atoms with van der Waals surface area (Å²) in [6.07, 6.45) is 3.86. The fraction of sp³-hybridized carbons (Fsp3) is 0.562. The third kappa shape index (κ3) is 3.28. The van der Waals surface area contributed by atoms with Crippen LogP contribution < -0.4 is 10.6 Å². The van der Waals surface area contributed by atoms with Gasteiger partial charge in [0.1, 0.15) is 5.84 Å². The maximum Gasteiger partial charge on any atom is 0.122 e. The molecule has 0 aromatic heterocycles. The maximum absolute atomic E-state index is 7.54. The van der Waals surface area contributed by atoms with Gasteiger partial charge in [-0.1, -0.05) is 26.0 Å². The molecular formula is C16H25N3. The summed E-state index contributed by atoms with van der Waals surface area (Å²) in [6, 6.07) is 8.60. The van der Waals surface area contributed by atoms with Gasteiger partial charge in [0.2, 0.25) is 0 Å². The molecule has 0 radical (unpaired) electrons. The molecular weight excluding hydrogens is 234 g/mol. The van der Waals surface area contributed by atoms with E-state index in [2.05, 4.69) is 31.9 Å². The number of amidine groups is 1. The van der Waals surface area contributed by atoms with Gasteiger partial charge in [0, 0.05) is 24.3 Å². The van der Waals surface area contributed by atoms with Crippen LogP contribution in [0, 0.1) is 17.2 Å². The Kier molecular flexibility index (Phi) is 4.13. The van der Waals surface area contributed by atoms with Gasteiger partial charge in [-0.2, -0.15) is 0 Å². The molecule has 2 rings (SSSR count). The van der Waals surface area contributed by atoms with E-state index in [1.54, 1.807) is 0 Å². The summed E-state index contributed by atoms with van der Waals surface area (Å²) in [5, 5.41) is 7.54. The summed E-state index contributed by atoms with van der Waals surface area (Å²) < 4.78 is 0. The van der Waals surface area contributed by atoms with Crippen LogP contribution >= 0.6 is 0 Å². The van der Waals surface area contributed by atoms with Gasteiger partial charge in [-0.25, -0.2) is 0 Å². The second-order valence-electron chi connectivity index (χ2n) is 6.15. The van der Waals surface area contributed by atoms with Crippen LogP contribution in [-0.4, -0.2) is 18.9 Å². The average Bonchev–Trinajstić information content (AvgIpc) is 2.37. The molecule has 1 saturated carbocycles. The first-order chi connectivity index (χ1) is 8.97. The van der Waals surface area contributed by atoms with E-state index in [0.29, 0.717) is 6.04 Å². The first-order valence-corrected chi connectivity index (χ1v) is 7.14. The van der Waals surface area contributed by atoms with Crippen molar-refractivity contribution in [2.75, 3.05) is 11.9 Å². The summed E-state index contributed by atoms with van der Waals surface area (Å²) in [4.78, 5) is 2.36. The Morgan fingerprint density at radius 1 is 1.21 bits per heavy atom. The summed E-state index contributed by atoms with van der Waals surface area (Å²) in [5.41, 5.74) is 7.54. The van der Waals surface area contributed by atoms with E-state index in [1.807, 2.05) is 18.2 Å². The van der Waals surface area contributed by atoms with E-state index in [4.69, 9.17) is 11.1 Å². The van der Waals surface area contributed by atoms with Crippen molar-refractivity contribution in [3.63, 3.8) is 0 Å². The van der Waals surface area contributed by atoms with Crippen molar-refractivity contribution in [1.82, 2.24) is 0 Å². The van der Waals surface area contributed by atoms with E-state index in [0.717, 1.165) is 17.4 Å². The predicted octanol–water partition coefficient (Wildman–Crippen LogP) is 3.23. The third-order valence-electron chi connectivity index (χ3n) is 4.27. The molecule has 2 atom stereocenters. The molecule has 104 valence electrons. The molecule has 1 aliphatic carbocycles. The molecule has 0 amide bonds. The number of hydrogen-bond acceptors (Lipinski definition) is 2. The van der Waals surface area contributed by atoms with Crippen molar-refractivity contribution in [2.24, 2.45) is 17.6 Å². The number of nitrogens with one attached hydrogen (secondary N) is 1. The molecule has 3 nitrogen and oxygen atoms in total. The van der Waals surface area contributed by atoms with E-state index in [9.17, 15) is 0 Å². The Morgan fingerprint density at radius 3 is 2.42 bits per heavy atom. The largest absolute Gasteiger partial charge is 0.384 e. The molecule has 1 aromatic rings. The highest BCUT2D eigenvalue weighted by molar-refractivity contribution is 5.95. The summed E-state index contributed by atoms with van der Waals surface area (Å²) in [7, 11) is 2.16.